The SMILES string of the molecule is CC(C)c1ccccc1OCC(O)CN1CCc2ccccc2C1.Cl. The zero-order valence-corrected chi connectivity index (χ0v) is 15.8. The molecule has 4 heteroatoms. The Bertz CT molecular complexity index is 674. The van der Waals surface area contributed by atoms with Crippen LogP contribution in [-0.2, 0) is 13.0 Å². The van der Waals surface area contributed by atoms with Crippen LogP contribution in [0.4, 0.5) is 0 Å². The van der Waals surface area contributed by atoms with E-state index in [1.54, 1.807) is 0 Å². The molecule has 1 N–H and O–H groups in total. The van der Waals surface area contributed by atoms with Crippen molar-refractivity contribution in [3.63, 3.8) is 0 Å². The Hall–Kier alpha value is -1.55. The van der Waals surface area contributed by atoms with Gasteiger partial charge in [-0.3, -0.25) is 4.90 Å². The summed E-state index contributed by atoms with van der Waals surface area (Å²) < 4.78 is 5.89. The van der Waals surface area contributed by atoms with Gasteiger partial charge in [-0.05, 0) is 35.1 Å². The van der Waals surface area contributed by atoms with E-state index in [1.807, 2.05) is 18.2 Å². The third kappa shape index (κ3) is 5.21. The van der Waals surface area contributed by atoms with Gasteiger partial charge in [0.15, 0.2) is 0 Å². The molecule has 1 unspecified atom stereocenters. The lowest BCUT2D eigenvalue weighted by Crippen LogP contribution is -2.38. The maximum atomic E-state index is 10.4. The number of halogens is 1. The summed E-state index contributed by atoms with van der Waals surface area (Å²) in [4.78, 5) is 2.31. The van der Waals surface area contributed by atoms with Crippen molar-refractivity contribution in [1.29, 1.82) is 0 Å². The number of benzene rings is 2. The van der Waals surface area contributed by atoms with Gasteiger partial charge in [-0.2, -0.15) is 0 Å². The van der Waals surface area contributed by atoms with Crippen LogP contribution in [0.5, 0.6) is 5.75 Å². The van der Waals surface area contributed by atoms with Crippen molar-refractivity contribution in [2.75, 3.05) is 19.7 Å². The number of hydrogen-bond acceptors (Lipinski definition) is 3. The van der Waals surface area contributed by atoms with Crippen LogP contribution in [0.25, 0.3) is 0 Å². The highest BCUT2D eigenvalue weighted by Gasteiger charge is 2.19. The van der Waals surface area contributed by atoms with Crippen LogP contribution in [0.15, 0.2) is 48.5 Å². The second-order valence-corrected chi connectivity index (χ2v) is 6.91. The van der Waals surface area contributed by atoms with E-state index in [0.29, 0.717) is 19.1 Å². The Morgan fingerprint density at radius 2 is 1.72 bits per heavy atom. The zero-order valence-electron chi connectivity index (χ0n) is 15.0. The lowest BCUT2D eigenvalue weighted by molar-refractivity contribution is 0.0634. The fourth-order valence-corrected chi connectivity index (χ4v) is 3.34. The second kappa shape index (κ2) is 9.23. The fourth-order valence-electron chi connectivity index (χ4n) is 3.34. The average Bonchev–Trinajstić information content (AvgIpc) is 2.60. The minimum atomic E-state index is -0.476. The number of β-amino-alcohol motifs (C(OH)–C–C–N with tert-alkyl or cyclic N) is 1. The number of rotatable bonds is 6. The van der Waals surface area contributed by atoms with Crippen LogP contribution in [0.2, 0.25) is 0 Å². The number of fused-ring (bicyclic) bond motifs is 1. The van der Waals surface area contributed by atoms with E-state index in [1.165, 1.54) is 16.7 Å². The molecule has 1 atom stereocenters. The third-order valence-corrected chi connectivity index (χ3v) is 4.65. The highest BCUT2D eigenvalue weighted by atomic mass is 35.5. The Morgan fingerprint density at radius 1 is 1.04 bits per heavy atom. The Morgan fingerprint density at radius 3 is 2.48 bits per heavy atom. The largest absolute Gasteiger partial charge is 0.491 e. The predicted molar refractivity (Wildman–Crippen MR) is 105 cm³/mol. The first-order valence-corrected chi connectivity index (χ1v) is 8.82. The molecule has 0 saturated carbocycles. The molecular weight excluding hydrogens is 334 g/mol. The molecule has 2 aromatic carbocycles. The van der Waals surface area contributed by atoms with Crippen LogP contribution < -0.4 is 4.74 Å². The molecule has 1 heterocycles. The molecule has 0 saturated heterocycles. The van der Waals surface area contributed by atoms with Gasteiger partial charge < -0.3 is 9.84 Å². The number of para-hydroxylation sites is 1. The molecule has 1 aliphatic rings. The summed E-state index contributed by atoms with van der Waals surface area (Å²) in [5.41, 5.74) is 4.00. The van der Waals surface area contributed by atoms with E-state index in [2.05, 4.69) is 49.1 Å². The van der Waals surface area contributed by atoms with Crippen molar-refractivity contribution in [3.8, 4) is 5.75 Å². The first-order chi connectivity index (χ1) is 11.6. The highest BCUT2D eigenvalue weighted by molar-refractivity contribution is 5.85. The molecule has 25 heavy (non-hydrogen) atoms. The normalized spacial score (nSPS) is 15.4. The van der Waals surface area contributed by atoms with Crippen LogP contribution in [-0.4, -0.2) is 35.8 Å². The summed E-state index contributed by atoms with van der Waals surface area (Å²) in [6, 6.07) is 16.7. The average molecular weight is 362 g/mol. The zero-order chi connectivity index (χ0) is 16.9. The van der Waals surface area contributed by atoms with Crippen LogP contribution in [0, 0.1) is 0 Å². The van der Waals surface area contributed by atoms with Crippen molar-refractivity contribution in [2.24, 2.45) is 0 Å². The second-order valence-electron chi connectivity index (χ2n) is 6.91. The van der Waals surface area contributed by atoms with Crippen molar-refractivity contribution >= 4 is 12.4 Å². The van der Waals surface area contributed by atoms with Crippen molar-refractivity contribution in [3.05, 3.63) is 65.2 Å². The van der Waals surface area contributed by atoms with E-state index < -0.39 is 6.10 Å². The van der Waals surface area contributed by atoms with Crippen LogP contribution in [0.1, 0.15) is 36.5 Å². The van der Waals surface area contributed by atoms with Crippen molar-refractivity contribution in [2.45, 2.75) is 38.8 Å². The topological polar surface area (TPSA) is 32.7 Å². The molecule has 0 bridgehead atoms. The summed E-state index contributed by atoms with van der Waals surface area (Å²) in [6.45, 7) is 7.21. The monoisotopic (exact) mass is 361 g/mol. The Kier molecular flexibility index (Phi) is 7.30. The lowest BCUT2D eigenvalue weighted by Gasteiger charge is -2.30. The quantitative estimate of drug-likeness (QED) is 0.843. The van der Waals surface area contributed by atoms with Crippen molar-refractivity contribution < 1.29 is 9.84 Å². The molecule has 136 valence electrons. The molecule has 0 aromatic heterocycles. The highest BCUT2D eigenvalue weighted by Crippen LogP contribution is 2.26. The maximum Gasteiger partial charge on any atom is 0.122 e. The first kappa shape index (κ1) is 19.8. The van der Waals surface area contributed by atoms with Gasteiger partial charge in [-0.25, -0.2) is 0 Å². The Labute approximate surface area is 157 Å². The van der Waals surface area contributed by atoms with E-state index >= 15 is 0 Å². The smallest absolute Gasteiger partial charge is 0.122 e. The van der Waals surface area contributed by atoms with Crippen molar-refractivity contribution in [1.82, 2.24) is 4.90 Å². The first-order valence-electron chi connectivity index (χ1n) is 8.82. The molecular formula is C21H28ClNO2. The molecule has 0 radical (unpaired) electrons. The van der Waals surface area contributed by atoms with Gasteiger partial charge in [0, 0.05) is 19.6 Å². The van der Waals surface area contributed by atoms with E-state index in [-0.39, 0.29) is 12.4 Å². The Balaban J connectivity index is 0.00000225. The molecule has 0 fully saturated rings. The maximum absolute atomic E-state index is 10.4. The standard InChI is InChI=1S/C21H27NO2.ClH/c1-16(2)20-9-5-6-10-21(20)24-15-19(23)14-22-12-11-17-7-3-4-8-18(17)13-22;/h3-10,16,19,23H,11-15H2,1-2H3;1H. The van der Waals surface area contributed by atoms with Crippen LogP contribution >= 0.6 is 12.4 Å². The molecule has 3 rings (SSSR count). The summed E-state index contributed by atoms with van der Waals surface area (Å²) in [6.07, 6.45) is 0.579. The van der Waals surface area contributed by atoms with E-state index in [9.17, 15) is 5.11 Å². The third-order valence-electron chi connectivity index (χ3n) is 4.65. The summed E-state index contributed by atoms with van der Waals surface area (Å²) in [7, 11) is 0. The van der Waals surface area contributed by atoms with Gasteiger partial charge in [0.1, 0.15) is 18.5 Å². The van der Waals surface area contributed by atoms with Gasteiger partial charge >= 0.3 is 0 Å². The summed E-state index contributed by atoms with van der Waals surface area (Å²) in [5, 5.41) is 10.4. The number of aliphatic hydroxyl groups is 1. The summed E-state index contributed by atoms with van der Waals surface area (Å²) in [5.74, 6) is 1.30. The van der Waals surface area contributed by atoms with E-state index in [0.717, 1.165) is 25.3 Å². The number of hydrogen-bond donors (Lipinski definition) is 1. The minimum absolute atomic E-state index is 0. The molecule has 0 amide bonds. The molecule has 0 aliphatic carbocycles. The number of aliphatic hydroxyl groups excluding tert-OH is 1. The predicted octanol–water partition coefficient (Wildman–Crippen LogP) is 4.03. The molecule has 3 nitrogen and oxygen atoms in total. The van der Waals surface area contributed by atoms with Gasteiger partial charge in [-0.1, -0.05) is 56.3 Å². The van der Waals surface area contributed by atoms with Gasteiger partial charge in [-0.15, -0.1) is 12.4 Å². The molecule has 2 aromatic rings. The van der Waals surface area contributed by atoms with Gasteiger partial charge in [0.2, 0.25) is 0 Å². The lowest BCUT2D eigenvalue weighted by atomic mass is 10.00. The number of nitrogens with zero attached hydrogens (tertiary/aromatic N) is 1. The van der Waals surface area contributed by atoms with Gasteiger partial charge in [0.05, 0.1) is 0 Å². The molecule has 0 spiro atoms. The summed E-state index contributed by atoms with van der Waals surface area (Å²) >= 11 is 0. The minimum Gasteiger partial charge on any atom is -0.491 e. The number of ether oxygens (including phenoxy) is 1. The fraction of sp³-hybridized carbons (Fsp3) is 0.429. The van der Waals surface area contributed by atoms with Crippen LogP contribution in [0.3, 0.4) is 0 Å². The molecule has 1 aliphatic heterocycles. The van der Waals surface area contributed by atoms with E-state index in [4.69, 9.17) is 4.74 Å². The van der Waals surface area contributed by atoms with Gasteiger partial charge in [0.25, 0.3) is 0 Å².